The second kappa shape index (κ2) is 13.8. The van der Waals surface area contributed by atoms with Gasteiger partial charge in [-0.25, -0.2) is 0 Å². The van der Waals surface area contributed by atoms with Crippen LogP contribution < -0.4 is 15.4 Å². The Bertz CT molecular complexity index is 617. The zero-order valence-corrected chi connectivity index (χ0v) is 19.2. The average Bonchev–Trinajstić information content (AvgIpc) is 2.66. The summed E-state index contributed by atoms with van der Waals surface area (Å²) >= 11 is 0. The number of ether oxygens (including phenoxy) is 2. The van der Waals surface area contributed by atoms with Crippen LogP contribution in [0.5, 0.6) is 5.75 Å². The molecule has 152 valence electrons. The normalized spacial score (nSPS) is 14.2. The van der Waals surface area contributed by atoms with Gasteiger partial charge in [0.05, 0.1) is 6.61 Å². The van der Waals surface area contributed by atoms with Crippen molar-refractivity contribution in [1.82, 2.24) is 10.6 Å². The summed E-state index contributed by atoms with van der Waals surface area (Å²) in [6.45, 7) is 4.79. The van der Waals surface area contributed by atoms with Gasteiger partial charge in [0.1, 0.15) is 12.4 Å². The van der Waals surface area contributed by atoms with E-state index in [-0.39, 0.29) is 24.0 Å². The molecular formula is C21H34IN3O2. The molecule has 27 heavy (non-hydrogen) atoms. The lowest BCUT2D eigenvalue weighted by molar-refractivity contribution is 0.145. The number of nitrogens with zero attached hydrogens (tertiary/aromatic N) is 1. The SMILES string of the molecule is CN=C(NCCC1=CCCCC1)NCc1ccc(C)cc1OCCOC.I. The number of hydrogen-bond acceptors (Lipinski definition) is 3. The van der Waals surface area contributed by atoms with Gasteiger partial charge in [0, 0.05) is 32.8 Å². The van der Waals surface area contributed by atoms with Crippen LogP contribution in [0.2, 0.25) is 0 Å². The lowest BCUT2D eigenvalue weighted by Crippen LogP contribution is -2.37. The molecule has 2 rings (SSSR count). The number of aliphatic imine (C=N–C) groups is 1. The summed E-state index contributed by atoms with van der Waals surface area (Å²) < 4.78 is 10.9. The van der Waals surface area contributed by atoms with Crippen molar-refractivity contribution in [3.05, 3.63) is 41.0 Å². The maximum atomic E-state index is 5.85. The monoisotopic (exact) mass is 487 g/mol. The van der Waals surface area contributed by atoms with Gasteiger partial charge in [-0.15, -0.1) is 24.0 Å². The van der Waals surface area contributed by atoms with Crippen molar-refractivity contribution in [3.8, 4) is 5.75 Å². The molecule has 1 aliphatic carbocycles. The van der Waals surface area contributed by atoms with Gasteiger partial charge in [0.15, 0.2) is 5.96 Å². The zero-order chi connectivity index (χ0) is 18.6. The van der Waals surface area contributed by atoms with Crippen molar-refractivity contribution in [1.29, 1.82) is 0 Å². The molecule has 0 atom stereocenters. The summed E-state index contributed by atoms with van der Waals surface area (Å²) in [4.78, 5) is 4.32. The third-order valence-corrected chi connectivity index (χ3v) is 4.56. The number of benzene rings is 1. The number of guanidine groups is 1. The fourth-order valence-corrected chi connectivity index (χ4v) is 3.05. The minimum absolute atomic E-state index is 0. The molecule has 0 aromatic heterocycles. The number of allylic oxidation sites excluding steroid dienone is 1. The Kier molecular flexibility index (Phi) is 12.2. The summed E-state index contributed by atoms with van der Waals surface area (Å²) in [5.74, 6) is 1.72. The van der Waals surface area contributed by atoms with Gasteiger partial charge in [0.25, 0.3) is 0 Å². The Balaban J connectivity index is 0.00000364. The van der Waals surface area contributed by atoms with E-state index in [1.54, 1.807) is 19.7 Å². The highest BCUT2D eigenvalue weighted by molar-refractivity contribution is 14.0. The van der Waals surface area contributed by atoms with Crippen LogP contribution in [0.4, 0.5) is 0 Å². The van der Waals surface area contributed by atoms with E-state index in [9.17, 15) is 0 Å². The van der Waals surface area contributed by atoms with Gasteiger partial charge in [0.2, 0.25) is 0 Å². The van der Waals surface area contributed by atoms with E-state index in [1.807, 2.05) is 0 Å². The lowest BCUT2D eigenvalue weighted by atomic mass is 9.97. The Morgan fingerprint density at radius 1 is 1.19 bits per heavy atom. The molecule has 0 bridgehead atoms. The highest BCUT2D eigenvalue weighted by Crippen LogP contribution is 2.21. The van der Waals surface area contributed by atoms with Gasteiger partial charge in [-0.3, -0.25) is 4.99 Å². The second-order valence-corrected chi connectivity index (χ2v) is 6.66. The highest BCUT2D eigenvalue weighted by atomic mass is 127. The molecule has 6 heteroatoms. The molecule has 1 aromatic carbocycles. The van der Waals surface area contributed by atoms with Gasteiger partial charge < -0.3 is 20.1 Å². The first-order chi connectivity index (χ1) is 12.7. The first kappa shape index (κ1) is 23.8. The average molecular weight is 487 g/mol. The van der Waals surface area contributed by atoms with Crippen molar-refractivity contribution in [2.75, 3.05) is 33.9 Å². The Morgan fingerprint density at radius 3 is 2.74 bits per heavy atom. The lowest BCUT2D eigenvalue weighted by Gasteiger charge is -2.16. The van der Waals surface area contributed by atoms with Crippen molar-refractivity contribution >= 4 is 29.9 Å². The summed E-state index contributed by atoms with van der Waals surface area (Å²) in [6.07, 6.45) is 8.65. The second-order valence-electron chi connectivity index (χ2n) is 6.66. The van der Waals surface area contributed by atoms with Crippen LogP contribution in [0.15, 0.2) is 34.8 Å². The van der Waals surface area contributed by atoms with E-state index in [4.69, 9.17) is 9.47 Å². The quantitative estimate of drug-likeness (QED) is 0.180. The minimum atomic E-state index is 0. The molecule has 0 radical (unpaired) electrons. The smallest absolute Gasteiger partial charge is 0.191 e. The van der Waals surface area contributed by atoms with Crippen LogP contribution in [-0.2, 0) is 11.3 Å². The largest absolute Gasteiger partial charge is 0.491 e. The fraction of sp³-hybridized carbons (Fsp3) is 0.571. The van der Waals surface area contributed by atoms with Gasteiger partial charge >= 0.3 is 0 Å². The molecule has 0 unspecified atom stereocenters. The Labute approximate surface area is 181 Å². The van der Waals surface area contributed by atoms with Crippen molar-refractivity contribution in [2.24, 2.45) is 4.99 Å². The third-order valence-electron chi connectivity index (χ3n) is 4.56. The van der Waals surface area contributed by atoms with Gasteiger partial charge in [-0.05, 0) is 50.7 Å². The van der Waals surface area contributed by atoms with Gasteiger partial charge in [-0.2, -0.15) is 0 Å². The predicted molar refractivity (Wildman–Crippen MR) is 123 cm³/mol. The number of nitrogens with one attached hydrogen (secondary N) is 2. The maximum absolute atomic E-state index is 5.85. The maximum Gasteiger partial charge on any atom is 0.191 e. The number of aryl methyl sites for hydroxylation is 1. The van der Waals surface area contributed by atoms with Crippen molar-refractivity contribution < 1.29 is 9.47 Å². The van der Waals surface area contributed by atoms with E-state index in [0.29, 0.717) is 19.8 Å². The number of hydrogen-bond donors (Lipinski definition) is 2. The van der Waals surface area contributed by atoms with Crippen LogP contribution in [0, 0.1) is 6.92 Å². The Hall–Kier alpha value is -1.28. The van der Waals surface area contributed by atoms with Crippen LogP contribution in [0.25, 0.3) is 0 Å². The van der Waals surface area contributed by atoms with E-state index in [1.165, 1.54) is 31.2 Å². The number of methoxy groups -OCH3 is 1. The fourth-order valence-electron chi connectivity index (χ4n) is 3.05. The predicted octanol–water partition coefficient (Wildman–Crippen LogP) is 4.19. The topological polar surface area (TPSA) is 54.9 Å². The molecule has 0 saturated carbocycles. The highest BCUT2D eigenvalue weighted by Gasteiger charge is 2.07. The first-order valence-corrected chi connectivity index (χ1v) is 9.56. The van der Waals surface area contributed by atoms with Gasteiger partial charge in [-0.1, -0.05) is 23.8 Å². The molecule has 1 aromatic rings. The zero-order valence-electron chi connectivity index (χ0n) is 16.8. The number of rotatable bonds is 9. The van der Waals surface area contributed by atoms with Crippen LogP contribution in [-0.4, -0.2) is 39.9 Å². The van der Waals surface area contributed by atoms with Crippen LogP contribution in [0.3, 0.4) is 0 Å². The molecule has 0 fully saturated rings. The number of halogens is 1. The molecule has 0 heterocycles. The van der Waals surface area contributed by atoms with E-state index in [0.717, 1.165) is 30.2 Å². The molecule has 0 saturated heterocycles. The molecule has 0 amide bonds. The summed E-state index contributed by atoms with van der Waals surface area (Å²) in [7, 11) is 3.49. The summed E-state index contributed by atoms with van der Waals surface area (Å²) in [5.41, 5.74) is 3.88. The summed E-state index contributed by atoms with van der Waals surface area (Å²) in [5, 5.41) is 6.79. The van der Waals surface area contributed by atoms with Crippen LogP contribution in [0.1, 0.15) is 43.2 Å². The van der Waals surface area contributed by atoms with Crippen LogP contribution >= 0.6 is 24.0 Å². The van der Waals surface area contributed by atoms with Crippen molar-refractivity contribution in [3.63, 3.8) is 0 Å². The Morgan fingerprint density at radius 2 is 2.04 bits per heavy atom. The minimum Gasteiger partial charge on any atom is -0.491 e. The molecule has 0 aliphatic heterocycles. The van der Waals surface area contributed by atoms with E-state index < -0.39 is 0 Å². The molecular weight excluding hydrogens is 453 g/mol. The first-order valence-electron chi connectivity index (χ1n) is 9.56. The van der Waals surface area contributed by atoms with Crippen molar-refractivity contribution in [2.45, 2.75) is 45.6 Å². The van der Waals surface area contributed by atoms with E-state index >= 15 is 0 Å². The molecule has 5 nitrogen and oxygen atoms in total. The standard InChI is InChI=1S/C21H33N3O2.HI/c1-17-9-10-19(20(15-17)26-14-13-25-3)16-24-21(22-2)23-12-11-18-7-5-4-6-8-18;/h7,9-10,15H,4-6,8,11-14,16H2,1-3H3,(H2,22,23,24);1H. The molecule has 2 N–H and O–H groups in total. The molecule has 0 spiro atoms. The molecule has 1 aliphatic rings. The van der Waals surface area contributed by atoms with E-state index in [2.05, 4.69) is 46.8 Å². The summed E-state index contributed by atoms with van der Waals surface area (Å²) in [6, 6.07) is 6.27. The third kappa shape index (κ3) is 8.97.